The van der Waals surface area contributed by atoms with Gasteiger partial charge in [0.15, 0.2) is 0 Å². The van der Waals surface area contributed by atoms with E-state index in [0.717, 1.165) is 29.2 Å². The Bertz CT molecular complexity index is 669. The maximum Gasteiger partial charge on any atom is 0.326 e. The lowest BCUT2D eigenvalue weighted by molar-refractivity contribution is -0.141. The molecule has 0 saturated carbocycles. The van der Waals surface area contributed by atoms with E-state index in [9.17, 15) is 9.59 Å². The molecule has 1 aliphatic rings. The van der Waals surface area contributed by atoms with Crippen LogP contribution in [0.4, 0.5) is 0 Å². The predicted octanol–water partition coefficient (Wildman–Crippen LogP) is 2.50. The molecule has 1 aromatic carbocycles. The highest BCUT2D eigenvalue weighted by molar-refractivity contribution is 7.08. The van der Waals surface area contributed by atoms with Gasteiger partial charge in [0.05, 0.1) is 5.69 Å². The summed E-state index contributed by atoms with van der Waals surface area (Å²) >= 11 is 1.12. The summed E-state index contributed by atoms with van der Waals surface area (Å²) in [4.78, 5) is 25.5. The highest BCUT2D eigenvalue weighted by Crippen LogP contribution is 2.26. The standard InChI is InChI=1S/C15H14N2O3S/c18-14(17-8-4-7-12(17)15(19)20)13-9-11(16-21-13)10-5-2-1-3-6-10/h1-3,5-6,9,12H,4,7-8H2,(H,19,20)/t12-/m0/s1. The average molecular weight is 302 g/mol. The Morgan fingerprint density at radius 3 is 2.76 bits per heavy atom. The Hall–Kier alpha value is -2.21. The van der Waals surface area contributed by atoms with Gasteiger partial charge in [-0.05, 0) is 30.4 Å². The molecule has 1 aliphatic heterocycles. The highest BCUT2D eigenvalue weighted by atomic mass is 32.1. The van der Waals surface area contributed by atoms with Gasteiger partial charge in [0.25, 0.3) is 5.91 Å². The summed E-state index contributed by atoms with van der Waals surface area (Å²) in [6, 6.07) is 10.6. The molecule has 0 unspecified atom stereocenters. The summed E-state index contributed by atoms with van der Waals surface area (Å²) in [6.45, 7) is 0.494. The lowest BCUT2D eigenvalue weighted by atomic mass is 10.1. The van der Waals surface area contributed by atoms with Crippen LogP contribution in [-0.4, -0.2) is 38.8 Å². The Morgan fingerprint density at radius 1 is 1.29 bits per heavy atom. The number of aromatic nitrogens is 1. The molecule has 108 valence electrons. The summed E-state index contributed by atoms with van der Waals surface area (Å²) in [5, 5.41) is 9.16. The van der Waals surface area contributed by atoms with Crippen LogP contribution < -0.4 is 0 Å². The largest absolute Gasteiger partial charge is 0.480 e. The second-order valence-electron chi connectivity index (χ2n) is 4.94. The number of benzene rings is 1. The molecule has 0 aliphatic carbocycles. The number of amides is 1. The van der Waals surface area contributed by atoms with E-state index in [-0.39, 0.29) is 5.91 Å². The molecule has 1 fully saturated rings. The maximum absolute atomic E-state index is 12.4. The molecular weight excluding hydrogens is 288 g/mol. The van der Waals surface area contributed by atoms with Gasteiger partial charge in [0.2, 0.25) is 0 Å². The first-order valence-corrected chi connectivity index (χ1v) is 7.50. The molecule has 0 bridgehead atoms. The molecule has 1 aromatic heterocycles. The van der Waals surface area contributed by atoms with Gasteiger partial charge in [-0.3, -0.25) is 4.79 Å². The van der Waals surface area contributed by atoms with E-state index in [4.69, 9.17) is 5.11 Å². The summed E-state index contributed by atoms with van der Waals surface area (Å²) in [6.07, 6.45) is 1.25. The van der Waals surface area contributed by atoms with Gasteiger partial charge in [0.1, 0.15) is 10.9 Å². The SMILES string of the molecule is O=C(O)[C@@H]1CCCN1C(=O)c1cc(-c2ccccc2)ns1. The second-order valence-corrected chi connectivity index (χ2v) is 5.74. The zero-order chi connectivity index (χ0) is 14.8. The zero-order valence-corrected chi connectivity index (χ0v) is 12.0. The number of likely N-dealkylation sites (tertiary alicyclic amines) is 1. The minimum absolute atomic E-state index is 0.236. The number of aliphatic carboxylic acids is 1. The quantitative estimate of drug-likeness (QED) is 0.945. The van der Waals surface area contributed by atoms with Crippen LogP contribution in [0.25, 0.3) is 11.3 Å². The maximum atomic E-state index is 12.4. The first kappa shape index (κ1) is 13.8. The number of hydrogen-bond donors (Lipinski definition) is 1. The van der Waals surface area contributed by atoms with Crippen molar-refractivity contribution in [3.05, 3.63) is 41.3 Å². The van der Waals surface area contributed by atoms with Crippen molar-refractivity contribution in [2.45, 2.75) is 18.9 Å². The molecular formula is C15H14N2O3S. The fourth-order valence-corrected chi connectivity index (χ4v) is 3.24. The molecule has 1 N–H and O–H groups in total. The monoisotopic (exact) mass is 302 g/mol. The van der Waals surface area contributed by atoms with E-state index < -0.39 is 12.0 Å². The molecule has 3 rings (SSSR count). The van der Waals surface area contributed by atoms with Crippen molar-refractivity contribution in [3.8, 4) is 11.3 Å². The highest BCUT2D eigenvalue weighted by Gasteiger charge is 2.35. The van der Waals surface area contributed by atoms with E-state index in [0.29, 0.717) is 17.8 Å². The summed E-state index contributed by atoms with van der Waals surface area (Å²) in [5.74, 6) is -1.17. The van der Waals surface area contributed by atoms with Crippen LogP contribution in [0.3, 0.4) is 0 Å². The van der Waals surface area contributed by atoms with Gasteiger partial charge in [-0.15, -0.1) is 0 Å². The summed E-state index contributed by atoms with van der Waals surface area (Å²) in [5.41, 5.74) is 1.69. The number of carboxylic acid groups (broad SMARTS) is 1. The number of carboxylic acids is 1. The second kappa shape index (κ2) is 5.65. The van der Waals surface area contributed by atoms with Crippen LogP contribution in [0.2, 0.25) is 0 Å². The lowest BCUT2D eigenvalue weighted by Gasteiger charge is -2.20. The molecule has 0 radical (unpaired) electrons. The molecule has 21 heavy (non-hydrogen) atoms. The first-order chi connectivity index (χ1) is 10.2. The van der Waals surface area contributed by atoms with Crippen LogP contribution in [0, 0.1) is 0 Å². The minimum Gasteiger partial charge on any atom is -0.480 e. The van der Waals surface area contributed by atoms with Crippen molar-refractivity contribution >= 4 is 23.4 Å². The van der Waals surface area contributed by atoms with Crippen LogP contribution in [-0.2, 0) is 4.79 Å². The molecule has 1 amide bonds. The van der Waals surface area contributed by atoms with Gasteiger partial charge in [-0.2, -0.15) is 4.37 Å². The zero-order valence-electron chi connectivity index (χ0n) is 11.2. The molecule has 1 saturated heterocycles. The minimum atomic E-state index is -0.936. The van der Waals surface area contributed by atoms with Crippen molar-refractivity contribution in [2.24, 2.45) is 0 Å². The third kappa shape index (κ3) is 2.67. The van der Waals surface area contributed by atoms with Crippen molar-refractivity contribution in [3.63, 3.8) is 0 Å². The fraction of sp³-hybridized carbons (Fsp3) is 0.267. The molecule has 5 nitrogen and oxygen atoms in total. The number of carbonyl (C=O) groups is 2. The van der Waals surface area contributed by atoms with E-state index in [1.165, 1.54) is 4.90 Å². The number of rotatable bonds is 3. The number of hydrogen-bond acceptors (Lipinski definition) is 4. The van der Waals surface area contributed by atoms with Crippen LogP contribution in [0.1, 0.15) is 22.5 Å². The summed E-state index contributed by atoms with van der Waals surface area (Å²) < 4.78 is 4.30. The average Bonchev–Trinajstić information content (AvgIpc) is 3.17. The Labute approximate surface area is 126 Å². The van der Waals surface area contributed by atoms with Gasteiger partial charge in [-0.1, -0.05) is 30.3 Å². The number of carbonyl (C=O) groups excluding carboxylic acids is 1. The molecule has 2 heterocycles. The van der Waals surface area contributed by atoms with Crippen molar-refractivity contribution < 1.29 is 14.7 Å². The topological polar surface area (TPSA) is 70.5 Å². The smallest absolute Gasteiger partial charge is 0.326 e. The third-order valence-electron chi connectivity index (χ3n) is 3.59. The van der Waals surface area contributed by atoms with Crippen LogP contribution >= 0.6 is 11.5 Å². The fourth-order valence-electron chi connectivity index (χ4n) is 2.53. The molecule has 0 spiro atoms. The molecule has 6 heteroatoms. The first-order valence-electron chi connectivity index (χ1n) is 6.73. The third-order valence-corrected chi connectivity index (χ3v) is 4.37. The lowest BCUT2D eigenvalue weighted by Crippen LogP contribution is -2.40. The number of nitrogens with zero attached hydrogens (tertiary/aromatic N) is 2. The molecule has 2 aromatic rings. The van der Waals surface area contributed by atoms with Gasteiger partial charge < -0.3 is 10.0 Å². The van der Waals surface area contributed by atoms with Crippen molar-refractivity contribution in [2.75, 3.05) is 6.54 Å². The van der Waals surface area contributed by atoms with Crippen LogP contribution in [0.15, 0.2) is 36.4 Å². The summed E-state index contributed by atoms with van der Waals surface area (Å²) in [7, 11) is 0. The van der Waals surface area contributed by atoms with Crippen LogP contribution in [0.5, 0.6) is 0 Å². The Kier molecular flexibility index (Phi) is 3.70. The normalized spacial score (nSPS) is 17.9. The van der Waals surface area contributed by atoms with Gasteiger partial charge >= 0.3 is 5.97 Å². The van der Waals surface area contributed by atoms with E-state index in [1.807, 2.05) is 30.3 Å². The van der Waals surface area contributed by atoms with E-state index in [1.54, 1.807) is 6.07 Å². The Balaban J connectivity index is 1.83. The van der Waals surface area contributed by atoms with E-state index >= 15 is 0 Å². The predicted molar refractivity (Wildman–Crippen MR) is 79.2 cm³/mol. The van der Waals surface area contributed by atoms with E-state index in [2.05, 4.69) is 4.37 Å². The Morgan fingerprint density at radius 2 is 2.05 bits per heavy atom. The van der Waals surface area contributed by atoms with Gasteiger partial charge in [-0.25, -0.2) is 4.79 Å². The van der Waals surface area contributed by atoms with Crippen molar-refractivity contribution in [1.82, 2.24) is 9.27 Å². The molecule has 1 atom stereocenters. The van der Waals surface area contributed by atoms with Crippen molar-refractivity contribution in [1.29, 1.82) is 0 Å². The van der Waals surface area contributed by atoms with Gasteiger partial charge in [0, 0.05) is 12.1 Å².